The number of nitriles is 1. The fourth-order valence-corrected chi connectivity index (χ4v) is 4.93. The number of rotatable bonds is 8. The van der Waals surface area contributed by atoms with E-state index in [4.69, 9.17) is 10.5 Å². The predicted octanol–water partition coefficient (Wildman–Crippen LogP) is 1.79. The molecule has 3 heterocycles. The topological polar surface area (TPSA) is 155 Å². The van der Waals surface area contributed by atoms with E-state index in [1.54, 1.807) is 28.7 Å². The van der Waals surface area contributed by atoms with Crippen LogP contribution in [-0.2, 0) is 9.53 Å². The molecule has 2 atom stereocenters. The van der Waals surface area contributed by atoms with E-state index in [-0.39, 0.29) is 29.5 Å². The van der Waals surface area contributed by atoms with E-state index < -0.39 is 11.3 Å². The van der Waals surface area contributed by atoms with Crippen LogP contribution in [-0.4, -0.2) is 71.1 Å². The molecule has 2 fully saturated rings. The van der Waals surface area contributed by atoms with Gasteiger partial charge < -0.3 is 26.0 Å². The van der Waals surface area contributed by atoms with Gasteiger partial charge in [-0.05, 0) is 43.5 Å². The molecule has 0 radical (unpaired) electrons. The van der Waals surface area contributed by atoms with E-state index in [1.165, 1.54) is 6.20 Å². The molecule has 38 heavy (non-hydrogen) atoms. The molecule has 11 nitrogen and oxygen atoms in total. The minimum atomic E-state index is -0.918. The maximum atomic E-state index is 13.0. The van der Waals surface area contributed by atoms with E-state index >= 15 is 0 Å². The molecule has 1 saturated carbocycles. The Morgan fingerprint density at radius 1 is 1.21 bits per heavy atom. The Hall–Kier alpha value is -4.43. The summed E-state index contributed by atoms with van der Waals surface area (Å²) >= 11 is 0. The smallest absolute Gasteiger partial charge is 0.252 e. The molecule has 0 unspecified atom stereocenters. The molecular weight excluding hydrogens is 486 g/mol. The fraction of sp³-hybridized carbons (Fsp3) is 0.370. The monoisotopic (exact) mass is 515 g/mol. The first kappa shape index (κ1) is 25.2. The Labute approximate surface area is 219 Å². The number of amides is 3. The standard InChI is InChI=1S/C27H29N7O4/c1-3-30-25(36)17-6-4-16(5-7-17)18-10-21-23(19(24(29)35)11-31-34(21)12-18)32-20-13-33(14-22(20)38-2)26(37)27(15-28)8-9-27/h4-7,10-12,20,22,32H,3,8-9,13-14H2,1-2H3,(H2,29,35)(H,30,36)/t20-,22+/m1/s1. The summed E-state index contributed by atoms with van der Waals surface area (Å²) in [7, 11) is 1.57. The highest BCUT2D eigenvalue weighted by molar-refractivity contribution is 6.02. The molecule has 0 spiro atoms. The summed E-state index contributed by atoms with van der Waals surface area (Å²) in [5, 5.41) is 20.0. The molecular formula is C27H29N7O4. The number of ether oxygens (including phenoxy) is 1. The number of anilines is 1. The number of fused-ring (bicyclic) bond motifs is 1. The lowest BCUT2D eigenvalue weighted by atomic mass is 10.1. The number of carbonyl (C=O) groups is 3. The molecule has 0 bridgehead atoms. The van der Waals surface area contributed by atoms with E-state index in [0.717, 1.165) is 11.1 Å². The minimum absolute atomic E-state index is 0.139. The van der Waals surface area contributed by atoms with Gasteiger partial charge in [0.1, 0.15) is 5.41 Å². The quantitative estimate of drug-likeness (QED) is 0.413. The van der Waals surface area contributed by atoms with Gasteiger partial charge in [0.15, 0.2) is 0 Å². The second kappa shape index (κ2) is 9.79. The summed E-state index contributed by atoms with van der Waals surface area (Å²) in [6, 6.07) is 10.9. The van der Waals surface area contributed by atoms with Gasteiger partial charge >= 0.3 is 0 Å². The minimum Gasteiger partial charge on any atom is -0.377 e. The summed E-state index contributed by atoms with van der Waals surface area (Å²) in [6.45, 7) is 3.07. The van der Waals surface area contributed by atoms with Gasteiger partial charge in [0.25, 0.3) is 11.8 Å². The molecule has 1 saturated heterocycles. The Balaban J connectivity index is 1.46. The highest BCUT2D eigenvalue weighted by atomic mass is 16.5. The number of aromatic nitrogens is 2. The van der Waals surface area contributed by atoms with Crippen molar-refractivity contribution < 1.29 is 19.1 Å². The predicted molar refractivity (Wildman–Crippen MR) is 139 cm³/mol. The third-order valence-corrected chi connectivity index (χ3v) is 7.28. The highest BCUT2D eigenvalue weighted by Crippen LogP contribution is 2.47. The van der Waals surface area contributed by atoms with Crippen LogP contribution >= 0.6 is 0 Å². The third-order valence-electron chi connectivity index (χ3n) is 7.28. The van der Waals surface area contributed by atoms with Crippen molar-refractivity contribution in [3.8, 4) is 17.2 Å². The second-order valence-corrected chi connectivity index (χ2v) is 9.72. The molecule has 5 rings (SSSR count). The zero-order chi connectivity index (χ0) is 27.0. The Morgan fingerprint density at radius 3 is 2.55 bits per heavy atom. The van der Waals surface area contributed by atoms with E-state index in [1.807, 2.05) is 31.3 Å². The number of methoxy groups -OCH3 is 1. The summed E-state index contributed by atoms with van der Waals surface area (Å²) in [4.78, 5) is 39.1. The molecule has 4 N–H and O–H groups in total. The van der Waals surface area contributed by atoms with Crippen molar-refractivity contribution in [1.82, 2.24) is 19.8 Å². The Kier molecular flexibility index (Phi) is 6.50. The number of nitrogens with two attached hydrogens (primary N) is 1. The normalized spacial score (nSPS) is 19.7. The van der Waals surface area contributed by atoms with Crippen molar-refractivity contribution in [2.45, 2.75) is 31.9 Å². The third kappa shape index (κ3) is 4.43. The Bertz CT molecular complexity index is 1450. The first-order chi connectivity index (χ1) is 18.3. The number of primary amides is 1. The first-order valence-corrected chi connectivity index (χ1v) is 12.5. The van der Waals surface area contributed by atoms with Gasteiger partial charge in [0.05, 0.1) is 41.2 Å². The van der Waals surface area contributed by atoms with Gasteiger partial charge in [0.2, 0.25) is 5.91 Å². The maximum absolute atomic E-state index is 13.0. The lowest BCUT2D eigenvalue weighted by molar-refractivity contribution is -0.134. The summed E-state index contributed by atoms with van der Waals surface area (Å²) in [5.74, 6) is -0.959. The average Bonchev–Trinajstić information content (AvgIpc) is 3.42. The molecule has 1 aliphatic carbocycles. The number of nitrogens with one attached hydrogen (secondary N) is 2. The largest absolute Gasteiger partial charge is 0.377 e. The average molecular weight is 516 g/mol. The van der Waals surface area contributed by atoms with Crippen LogP contribution in [0.25, 0.3) is 16.6 Å². The van der Waals surface area contributed by atoms with E-state index in [2.05, 4.69) is 21.8 Å². The molecule has 1 aliphatic heterocycles. The zero-order valence-electron chi connectivity index (χ0n) is 21.2. The van der Waals surface area contributed by atoms with Crippen molar-refractivity contribution in [2.24, 2.45) is 11.1 Å². The Morgan fingerprint density at radius 2 is 1.95 bits per heavy atom. The van der Waals surface area contributed by atoms with Crippen LogP contribution in [0, 0.1) is 16.7 Å². The van der Waals surface area contributed by atoms with Crippen LogP contribution in [0.2, 0.25) is 0 Å². The van der Waals surface area contributed by atoms with Crippen LogP contribution < -0.4 is 16.4 Å². The van der Waals surface area contributed by atoms with Gasteiger partial charge in [-0.3, -0.25) is 14.4 Å². The molecule has 2 aromatic heterocycles. The summed E-state index contributed by atoms with van der Waals surface area (Å²) in [5.41, 5.74) is 8.37. The molecule has 1 aromatic carbocycles. The molecule has 2 aliphatic rings. The number of hydrogen-bond acceptors (Lipinski definition) is 7. The number of hydrogen-bond donors (Lipinski definition) is 3. The van der Waals surface area contributed by atoms with Gasteiger partial charge in [-0.1, -0.05) is 12.1 Å². The summed E-state index contributed by atoms with van der Waals surface area (Å²) < 4.78 is 7.32. The highest BCUT2D eigenvalue weighted by Gasteiger charge is 2.54. The number of benzene rings is 1. The van der Waals surface area contributed by atoms with E-state index in [9.17, 15) is 19.6 Å². The number of likely N-dealkylation sites (tertiary alicyclic amines) is 1. The van der Waals surface area contributed by atoms with Crippen LogP contribution in [0.15, 0.2) is 42.7 Å². The van der Waals surface area contributed by atoms with Crippen molar-refractivity contribution in [3.63, 3.8) is 0 Å². The van der Waals surface area contributed by atoms with Gasteiger partial charge in [-0.2, -0.15) is 10.4 Å². The van der Waals surface area contributed by atoms with Crippen molar-refractivity contribution in [1.29, 1.82) is 5.26 Å². The second-order valence-electron chi connectivity index (χ2n) is 9.72. The van der Waals surface area contributed by atoms with E-state index in [0.29, 0.717) is 49.2 Å². The lowest BCUT2D eigenvalue weighted by Crippen LogP contribution is -2.37. The molecule has 196 valence electrons. The summed E-state index contributed by atoms with van der Waals surface area (Å²) in [6.07, 6.45) is 4.03. The number of carbonyl (C=O) groups excluding carboxylic acids is 3. The van der Waals surface area contributed by atoms with Gasteiger partial charge in [0, 0.05) is 44.1 Å². The number of nitrogens with zero attached hydrogens (tertiary/aromatic N) is 4. The zero-order valence-corrected chi connectivity index (χ0v) is 21.2. The van der Waals surface area contributed by atoms with Gasteiger partial charge in [-0.15, -0.1) is 0 Å². The van der Waals surface area contributed by atoms with Crippen LogP contribution in [0.4, 0.5) is 5.69 Å². The molecule has 11 heteroatoms. The van der Waals surface area contributed by atoms with Crippen molar-refractivity contribution in [2.75, 3.05) is 32.1 Å². The van der Waals surface area contributed by atoms with Crippen molar-refractivity contribution in [3.05, 3.63) is 53.9 Å². The fourth-order valence-electron chi connectivity index (χ4n) is 4.93. The van der Waals surface area contributed by atoms with Crippen LogP contribution in [0.5, 0.6) is 0 Å². The van der Waals surface area contributed by atoms with Crippen molar-refractivity contribution >= 4 is 28.9 Å². The van der Waals surface area contributed by atoms with Crippen LogP contribution in [0.3, 0.4) is 0 Å². The lowest BCUT2D eigenvalue weighted by Gasteiger charge is -2.21. The van der Waals surface area contributed by atoms with Crippen LogP contribution in [0.1, 0.15) is 40.5 Å². The van der Waals surface area contributed by atoms with Gasteiger partial charge in [-0.25, -0.2) is 4.52 Å². The molecule has 3 amide bonds. The maximum Gasteiger partial charge on any atom is 0.252 e. The first-order valence-electron chi connectivity index (χ1n) is 12.5. The molecule has 3 aromatic rings. The SMILES string of the molecule is CCNC(=O)c1ccc(-c2cc3c(N[C@@H]4CN(C(=O)C5(C#N)CC5)C[C@@H]4OC)c(C(N)=O)cnn3c2)cc1.